The van der Waals surface area contributed by atoms with Crippen LogP contribution >= 0.6 is 27.7 Å². The number of halogens is 3. The maximum absolute atomic E-state index is 12.9. The molecule has 0 aliphatic rings. The van der Waals surface area contributed by atoms with Crippen LogP contribution in [0.5, 0.6) is 0 Å². The van der Waals surface area contributed by atoms with Gasteiger partial charge in [-0.3, -0.25) is 9.36 Å². The minimum Gasteiger partial charge on any atom is -0.283 e. The number of thioether (sulfide) groups is 1. The summed E-state index contributed by atoms with van der Waals surface area (Å²) in [6.07, 6.45) is 0.648. The second-order valence-electron chi connectivity index (χ2n) is 3.88. The molecule has 0 N–H and O–H groups in total. The van der Waals surface area contributed by atoms with Gasteiger partial charge in [0.2, 0.25) is 0 Å². The fourth-order valence-corrected chi connectivity index (χ4v) is 2.43. The Morgan fingerprint density at radius 3 is 2.74 bits per heavy atom. The Bertz CT molecular complexity index is 677. The molecular formula is C11H10BrF2N3OS. The molecule has 2 aromatic heterocycles. The average molecular weight is 350 g/mol. The summed E-state index contributed by atoms with van der Waals surface area (Å²) in [6, 6.07) is 0.285. The van der Waals surface area contributed by atoms with E-state index >= 15 is 0 Å². The van der Waals surface area contributed by atoms with Crippen LogP contribution in [0.15, 0.2) is 26.7 Å². The van der Waals surface area contributed by atoms with Crippen molar-refractivity contribution in [1.29, 1.82) is 0 Å². The number of nitrogens with zero attached hydrogens (tertiary/aromatic N) is 3. The maximum Gasteiger partial charge on any atom is 0.266 e. The molecule has 0 amide bonds. The Morgan fingerprint density at radius 2 is 2.16 bits per heavy atom. The Balaban J connectivity index is 2.83. The van der Waals surface area contributed by atoms with Crippen molar-refractivity contribution in [1.82, 2.24) is 14.5 Å². The lowest BCUT2D eigenvalue weighted by Gasteiger charge is -2.17. The van der Waals surface area contributed by atoms with Crippen LogP contribution in [-0.2, 0) is 0 Å². The van der Waals surface area contributed by atoms with Crippen molar-refractivity contribution < 1.29 is 8.78 Å². The van der Waals surface area contributed by atoms with Gasteiger partial charge in [-0.05, 0) is 35.2 Å². The van der Waals surface area contributed by atoms with Crippen LogP contribution in [0.4, 0.5) is 8.78 Å². The molecule has 4 nitrogen and oxygen atoms in total. The molecular weight excluding hydrogens is 340 g/mol. The molecule has 0 saturated heterocycles. The zero-order valence-corrected chi connectivity index (χ0v) is 12.5. The molecule has 0 aliphatic carbocycles. The molecule has 102 valence electrons. The predicted octanol–water partition coefficient (Wildman–Crippen LogP) is 3.10. The smallest absolute Gasteiger partial charge is 0.266 e. The molecule has 0 aromatic carbocycles. The van der Waals surface area contributed by atoms with Crippen LogP contribution in [0, 0.1) is 0 Å². The van der Waals surface area contributed by atoms with Crippen LogP contribution < -0.4 is 5.56 Å². The zero-order chi connectivity index (χ0) is 14.2. The summed E-state index contributed by atoms with van der Waals surface area (Å²) >= 11 is 4.37. The highest BCUT2D eigenvalue weighted by atomic mass is 79.9. The van der Waals surface area contributed by atoms with E-state index in [9.17, 15) is 13.6 Å². The van der Waals surface area contributed by atoms with Crippen molar-refractivity contribution >= 4 is 38.7 Å². The van der Waals surface area contributed by atoms with Crippen LogP contribution in [-0.4, -0.2) is 27.2 Å². The molecule has 0 saturated carbocycles. The normalized spacial score (nSPS) is 13.2. The fraction of sp³-hybridized carbons (Fsp3) is 0.364. The van der Waals surface area contributed by atoms with E-state index in [2.05, 4.69) is 25.9 Å². The molecule has 19 heavy (non-hydrogen) atoms. The van der Waals surface area contributed by atoms with Gasteiger partial charge < -0.3 is 0 Å². The highest BCUT2D eigenvalue weighted by Gasteiger charge is 2.22. The first kappa shape index (κ1) is 14.4. The van der Waals surface area contributed by atoms with Crippen molar-refractivity contribution in [3.8, 4) is 0 Å². The van der Waals surface area contributed by atoms with Gasteiger partial charge in [0.25, 0.3) is 12.0 Å². The summed E-state index contributed by atoms with van der Waals surface area (Å²) in [5.41, 5.74) is -0.300. The molecule has 2 aromatic rings. The number of aromatic nitrogens is 3. The van der Waals surface area contributed by atoms with Crippen LogP contribution in [0.25, 0.3) is 11.0 Å². The van der Waals surface area contributed by atoms with Gasteiger partial charge in [-0.2, -0.15) is 0 Å². The van der Waals surface area contributed by atoms with Gasteiger partial charge in [-0.25, -0.2) is 18.7 Å². The lowest BCUT2D eigenvalue weighted by atomic mass is 10.2. The number of hydrogen-bond donors (Lipinski definition) is 0. The van der Waals surface area contributed by atoms with E-state index in [1.807, 2.05) is 0 Å². The molecule has 0 aliphatic heterocycles. The van der Waals surface area contributed by atoms with Crippen molar-refractivity contribution in [3.63, 3.8) is 0 Å². The van der Waals surface area contributed by atoms with E-state index in [0.29, 0.717) is 10.5 Å². The topological polar surface area (TPSA) is 47.8 Å². The molecule has 1 atom stereocenters. The Hall–Kier alpha value is -1.02. The monoisotopic (exact) mass is 349 g/mol. The van der Waals surface area contributed by atoms with Gasteiger partial charge in [-0.15, -0.1) is 0 Å². The molecule has 0 bridgehead atoms. The first-order valence-corrected chi connectivity index (χ1v) is 7.37. The average Bonchev–Trinajstić information content (AvgIpc) is 2.39. The van der Waals surface area contributed by atoms with Crippen molar-refractivity contribution in [2.24, 2.45) is 0 Å². The van der Waals surface area contributed by atoms with E-state index < -0.39 is 18.0 Å². The number of rotatable bonds is 3. The van der Waals surface area contributed by atoms with Crippen LogP contribution in [0.1, 0.15) is 13.0 Å². The second kappa shape index (κ2) is 5.54. The van der Waals surface area contributed by atoms with Crippen molar-refractivity contribution in [2.75, 3.05) is 6.26 Å². The van der Waals surface area contributed by atoms with Gasteiger partial charge in [0.15, 0.2) is 5.16 Å². The van der Waals surface area contributed by atoms with Crippen molar-refractivity contribution in [3.05, 3.63) is 27.1 Å². The number of alkyl halides is 2. The molecule has 0 radical (unpaired) electrons. The Kier molecular flexibility index (Phi) is 4.19. The minimum atomic E-state index is -2.65. The molecule has 8 heteroatoms. The number of fused-ring (bicyclic) bond motifs is 1. The summed E-state index contributed by atoms with van der Waals surface area (Å²) in [7, 11) is 0. The lowest BCUT2D eigenvalue weighted by Crippen LogP contribution is -2.28. The summed E-state index contributed by atoms with van der Waals surface area (Å²) in [4.78, 5) is 20.3. The Morgan fingerprint density at radius 1 is 1.47 bits per heavy atom. The molecule has 2 heterocycles. The lowest BCUT2D eigenvalue weighted by molar-refractivity contribution is 0.0914. The standard InChI is InChI=1S/C11H10BrF2N3OS/c1-5(8(13)14)17-9-6(3-7(12)10(17)18)4-15-11(16-9)19-2/h3-5,8H,1-2H3. The molecule has 2 rings (SSSR count). The summed E-state index contributed by atoms with van der Waals surface area (Å²) in [6.45, 7) is 1.29. The fourth-order valence-electron chi connectivity index (χ4n) is 1.66. The van der Waals surface area contributed by atoms with Crippen LogP contribution in [0.3, 0.4) is 0 Å². The van der Waals surface area contributed by atoms with Gasteiger partial charge >= 0.3 is 0 Å². The van der Waals surface area contributed by atoms with E-state index in [1.165, 1.54) is 30.9 Å². The first-order valence-electron chi connectivity index (χ1n) is 5.35. The van der Waals surface area contributed by atoms with E-state index in [4.69, 9.17) is 0 Å². The predicted molar refractivity (Wildman–Crippen MR) is 74.0 cm³/mol. The Labute approximate surface area is 120 Å². The molecule has 0 fully saturated rings. The highest BCUT2D eigenvalue weighted by molar-refractivity contribution is 9.10. The van der Waals surface area contributed by atoms with Gasteiger partial charge in [0.1, 0.15) is 5.65 Å². The third kappa shape index (κ3) is 2.64. The largest absolute Gasteiger partial charge is 0.283 e. The third-order valence-electron chi connectivity index (χ3n) is 2.66. The SMILES string of the molecule is CSc1ncc2cc(Br)c(=O)n(C(C)C(F)F)c2n1. The van der Waals surface area contributed by atoms with E-state index in [0.717, 1.165) is 4.57 Å². The highest BCUT2D eigenvalue weighted by Crippen LogP contribution is 2.22. The first-order chi connectivity index (χ1) is 8.95. The van der Waals surface area contributed by atoms with Gasteiger partial charge in [0.05, 0.1) is 10.5 Å². The second-order valence-corrected chi connectivity index (χ2v) is 5.51. The summed E-state index contributed by atoms with van der Waals surface area (Å²) < 4.78 is 27.0. The van der Waals surface area contributed by atoms with E-state index in [1.54, 1.807) is 6.26 Å². The maximum atomic E-state index is 12.9. The van der Waals surface area contributed by atoms with Gasteiger partial charge in [-0.1, -0.05) is 11.8 Å². The quantitative estimate of drug-likeness (QED) is 0.631. The molecule has 1 unspecified atom stereocenters. The zero-order valence-electron chi connectivity index (χ0n) is 10.1. The van der Waals surface area contributed by atoms with E-state index in [-0.39, 0.29) is 10.1 Å². The van der Waals surface area contributed by atoms with Gasteiger partial charge in [0, 0.05) is 11.6 Å². The number of hydrogen-bond acceptors (Lipinski definition) is 4. The third-order valence-corrected chi connectivity index (χ3v) is 3.79. The summed E-state index contributed by atoms with van der Waals surface area (Å²) in [5.74, 6) is 0. The number of pyridine rings is 1. The van der Waals surface area contributed by atoms with Crippen molar-refractivity contribution in [2.45, 2.75) is 24.5 Å². The molecule has 0 spiro atoms. The summed E-state index contributed by atoms with van der Waals surface area (Å²) in [5, 5.41) is 0.973. The minimum absolute atomic E-state index is 0.216. The van der Waals surface area contributed by atoms with Crippen LogP contribution in [0.2, 0.25) is 0 Å².